The van der Waals surface area contributed by atoms with Gasteiger partial charge in [-0.05, 0) is 38.0 Å². The molecule has 0 saturated carbocycles. The van der Waals surface area contributed by atoms with Crippen molar-refractivity contribution in [2.45, 2.75) is 39.3 Å². The van der Waals surface area contributed by atoms with Crippen LogP contribution >= 0.6 is 0 Å². The van der Waals surface area contributed by atoms with Crippen LogP contribution in [0.4, 0.5) is 4.39 Å². The molecule has 1 aromatic rings. The highest BCUT2D eigenvalue weighted by Crippen LogP contribution is 2.23. The van der Waals surface area contributed by atoms with Gasteiger partial charge >= 0.3 is 0 Å². The lowest BCUT2D eigenvalue weighted by molar-refractivity contribution is 0.207. The summed E-state index contributed by atoms with van der Waals surface area (Å²) in [6, 6.07) is 4.65. The lowest BCUT2D eigenvalue weighted by Crippen LogP contribution is -2.12. The fraction of sp³-hybridized carbons (Fsp3) is 0.500. The van der Waals surface area contributed by atoms with E-state index in [4.69, 9.17) is 10.5 Å². The molecule has 0 saturated heterocycles. The molecule has 15 heavy (non-hydrogen) atoms. The molecule has 2 nitrogen and oxygen atoms in total. The Hall–Kier alpha value is -1.09. The van der Waals surface area contributed by atoms with Crippen LogP contribution in [-0.4, -0.2) is 6.10 Å². The summed E-state index contributed by atoms with van der Waals surface area (Å²) in [5, 5.41) is 0. The Morgan fingerprint density at radius 3 is 2.60 bits per heavy atom. The van der Waals surface area contributed by atoms with E-state index in [2.05, 4.69) is 0 Å². The van der Waals surface area contributed by atoms with Crippen molar-refractivity contribution in [1.82, 2.24) is 0 Å². The van der Waals surface area contributed by atoms with Crippen LogP contribution in [0.1, 0.15) is 38.8 Å². The van der Waals surface area contributed by atoms with Gasteiger partial charge in [-0.1, -0.05) is 13.0 Å². The molecule has 0 heterocycles. The van der Waals surface area contributed by atoms with Gasteiger partial charge in [-0.15, -0.1) is 0 Å². The van der Waals surface area contributed by atoms with Gasteiger partial charge in [0.2, 0.25) is 0 Å². The van der Waals surface area contributed by atoms with E-state index in [9.17, 15) is 4.39 Å². The van der Waals surface area contributed by atoms with Crippen molar-refractivity contribution in [2.24, 2.45) is 5.73 Å². The third kappa shape index (κ3) is 3.20. The van der Waals surface area contributed by atoms with E-state index >= 15 is 0 Å². The summed E-state index contributed by atoms with van der Waals surface area (Å²) in [5.41, 5.74) is 6.60. The SMILES string of the molecule is CCC(C)Oc1cc(C(C)N)ccc1F. The summed E-state index contributed by atoms with van der Waals surface area (Å²) in [4.78, 5) is 0. The van der Waals surface area contributed by atoms with Crippen LogP contribution in [0.15, 0.2) is 18.2 Å². The second-order valence-electron chi connectivity index (χ2n) is 3.82. The van der Waals surface area contributed by atoms with Crippen molar-refractivity contribution in [3.8, 4) is 5.75 Å². The van der Waals surface area contributed by atoms with Crippen LogP contribution in [-0.2, 0) is 0 Å². The van der Waals surface area contributed by atoms with Crippen molar-refractivity contribution in [1.29, 1.82) is 0 Å². The van der Waals surface area contributed by atoms with Crippen molar-refractivity contribution in [3.63, 3.8) is 0 Å². The molecule has 0 aliphatic heterocycles. The summed E-state index contributed by atoms with van der Waals surface area (Å²) in [6.07, 6.45) is 0.866. The minimum Gasteiger partial charge on any atom is -0.488 e. The average Bonchev–Trinajstić information content (AvgIpc) is 2.20. The maximum absolute atomic E-state index is 13.4. The Kier molecular flexibility index (Phi) is 4.09. The molecule has 2 atom stereocenters. The van der Waals surface area contributed by atoms with Crippen LogP contribution in [0.5, 0.6) is 5.75 Å². The van der Waals surface area contributed by atoms with Gasteiger partial charge in [0, 0.05) is 6.04 Å². The number of hydrogen-bond donors (Lipinski definition) is 1. The van der Waals surface area contributed by atoms with Crippen LogP contribution in [0.25, 0.3) is 0 Å². The van der Waals surface area contributed by atoms with Gasteiger partial charge in [0.05, 0.1) is 6.10 Å². The zero-order chi connectivity index (χ0) is 11.4. The Bertz CT molecular complexity index is 325. The quantitative estimate of drug-likeness (QED) is 0.830. The van der Waals surface area contributed by atoms with E-state index in [1.807, 2.05) is 20.8 Å². The first-order valence-corrected chi connectivity index (χ1v) is 5.26. The van der Waals surface area contributed by atoms with Crippen molar-refractivity contribution < 1.29 is 9.13 Å². The molecule has 0 aliphatic rings. The molecule has 1 aromatic carbocycles. The van der Waals surface area contributed by atoms with Crippen molar-refractivity contribution in [2.75, 3.05) is 0 Å². The lowest BCUT2D eigenvalue weighted by atomic mass is 10.1. The Balaban J connectivity index is 2.90. The molecule has 0 aliphatic carbocycles. The number of hydrogen-bond acceptors (Lipinski definition) is 2. The van der Waals surface area contributed by atoms with Gasteiger partial charge in [-0.25, -0.2) is 4.39 Å². The zero-order valence-corrected chi connectivity index (χ0v) is 9.46. The average molecular weight is 211 g/mol. The minimum absolute atomic E-state index is 0.0165. The van der Waals surface area contributed by atoms with Crippen LogP contribution in [0.2, 0.25) is 0 Å². The first kappa shape index (κ1) is 12.0. The highest BCUT2D eigenvalue weighted by molar-refractivity contribution is 5.31. The molecular formula is C12H18FNO. The molecular weight excluding hydrogens is 193 g/mol. The van der Waals surface area contributed by atoms with E-state index in [1.165, 1.54) is 6.07 Å². The minimum atomic E-state index is -0.334. The van der Waals surface area contributed by atoms with E-state index < -0.39 is 0 Å². The molecule has 0 bridgehead atoms. The van der Waals surface area contributed by atoms with Crippen molar-refractivity contribution >= 4 is 0 Å². The van der Waals surface area contributed by atoms with E-state index in [-0.39, 0.29) is 18.0 Å². The van der Waals surface area contributed by atoms with E-state index in [0.29, 0.717) is 5.75 Å². The van der Waals surface area contributed by atoms with Crippen LogP contribution < -0.4 is 10.5 Å². The normalized spacial score (nSPS) is 14.7. The Labute approximate surface area is 90.2 Å². The predicted octanol–water partition coefficient (Wildman–Crippen LogP) is 3.02. The molecule has 84 valence electrons. The fourth-order valence-electron chi connectivity index (χ4n) is 1.19. The summed E-state index contributed by atoms with van der Waals surface area (Å²) >= 11 is 0. The zero-order valence-electron chi connectivity index (χ0n) is 9.46. The van der Waals surface area contributed by atoms with Gasteiger partial charge in [0.25, 0.3) is 0 Å². The van der Waals surface area contributed by atoms with E-state index in [1.54, 1.807) is 12.1 Å². The lowest BCUT2D eigenvalue weighted by Gasteiger charge is -2.15. The van der Waals surface area contributed by atoms with Crippen LogP contribution in [0, 0.1) is 5.82 Å². The molecule has 0 amide bonds. The van der Waals surface area contributed by atoms with Gasteiger partial charge in [0.15, 0.2) is 11.6 Å². The van der Waals surface area contributed by atoms with E-state index in [0.717, 1.165) is 12.0 Å². The standard InChI is InChI=1S/C12H18FNO/c1-4-8(2)15-12-7-10(9(3)14)5-6-11(12)13/h5-9H,4,14H2,1-3H3. The maximum Gasteiger partial charge on any atom is 0.165 e. The van der Waals surface area contributed by atoms with Crippen LogP contribution in [0.3, 0.4) is 0 Å². The topological polar surface area (TPSA) is 35.2 Å². The highest BCUT2D eigenvalue weighted by Gasteiger charge is 2.09. The van der Waals surface area contributed by atoms with Gasteiger partial charge in [0.1, 0.15) is 0 Å². The van der Waals surface area contributed by atoms with Gasteiger partial charge in [-0.3, -0.25) is 0 Å². The summed E-state index contributed by atoms with van der Waals surface area (Å²) in [5.74, 6) is -0.0427. The third-order valence-electron chi connectivity index (χ3n) is 2.38. The van der Waals surface area contributed by atoms with Crippen molar-refractivity contribution in [3.05, 3.63) is 29.6 Å². The predicted molar refractivity (Wildman–Crippen MR) is 59.4 cm³/mol. The molecule has 2 N–H and O–H groups in total. The Morgan fingerprint density at radius 2 is 2.07 bits per heavy atom. The Morgan fingerprint density at radius 1 is 1.40 bits per heavy atom. The number of rotatable bonds is 4. The fourth-order valence-corrected chi connectivity index (χ4v) is 1.19. The number of nitrogens with two attached hydrogens (primary N) is 1. The molecule has 0 aromatic heterocycles. The number of ether oxygens (including phenoxy) is 1. The summed E-state index contributed by atoms with van der Waals surface area (Å²) in [6.45, 7) is 5.77. The molecule has 1 rings (SSSR count). The van der Waals surface area contributed by atoms with Gasteiger partial charge < -0.3 is 10.5 Å². The molecule has 2 unspecified atom stereocenters. The second kappa shape index (κ2) is 5.12. The summed E-state index contributed by atoms with van der Waals surface area (Å²) < 4.78 is 18.8. The molecule has 3 heteroatoms. The number of benzene rings is 1. The third-order valence-corrected chi connectivity index (χ3v) is 2.38. The largest absolute Gasteiger partial charge is 0.488 e. The first-order chi connectivity index (χ1) is 7.04. The monoisotopic (exact) mass is 211 g/mol. The molecule has 0 radical (unpaired) electrons. The first-order valence-electron chi connectivity index (χ1n) is 5.26. The summed E-state index contributed by atoms with van der Waals surface area (Å²) in [7, 11) is 0. The second-order valence-corrected chi connectivity index (χ2v) is 3.82. The maximum atomic E-state index is 13.4. The molecule has 0 fully saturated rings. The smallest absolute Gasteiger partial charge is 0.165 e. The highest BCUT2D eigenvalue weighted by atomic mass is 19.1. The van der Waals surface area contributed by atoms with Gasteiger partial charge in [-0.2, -0.15) is 0 Å². The number of halogens is 1. The molecule has 0 spiro atoms.